The highest BCUT2D eigenvalue weighted by Crippen LogP contribution is 2.49. The van der Waals surface area contributed by atoms with Gasteiger partial charge in [0.2, 0.25) is 0 Å². The molecule has 0 spiro atoms. The Labute approximate surface area is 174 Å². The molecule has 1 unspecified atom stereocenters. The van der Waals surface area contributed by atoms with Crippen molar-refractivity contribution in [2.45, 2.75) is 104 Å². The highest BCUT2D eigenvalue weighted by atomic mass is 14.7. The SMILES string of the molecule is C=CCCCCCCCCN=Cc1cc2c(cc1C)C(C)(C)C(C)CC2(C)C. The van der Waals surface area contributed by atoms with Crippen molar-refractivity contribution in [3.63, 3.8) is 0 Å². The van der Waals surface area contributed by atoms with Crippen LogP contribution in [0.3, 0.4) is 0 Å². The number of hydrogen-bond acceptors (Lipinski definition) is 1. The fourth-order valence-electron chi connectivity index (χ4n) is 4.71. The molecule has 1 atom stereocenters. The third kappa shape index (κ3) is 5.58. The van der Waals surface area contributed by atoms with E-state index in [1.54, 1.807) is 5.56 Å². The standard InChI is InChI=1S/C27H43N/c1-8-9-10-11-12-13-14-15-16-28-20-23-18-24-25(17-21(23)2)27(6,7)22(3)19-26(24,4)5/h8,17-18,20,22H,1,9-16,19H2,2-7H3. The minimum Gasteiger partial charge on any atom is -0.293 e. The summed E-state index contributed by atoms with van der Waals surface area (Å²) in [6, 6.07) is 4.87. The van der Waals surface area contributed by atoms with Gasteiger partial charge >= 0.3 is 0 Å². The molecule has 0 amide bonds. The first-order valence-electron chi connectivity index (χ1n) is 11.5. The number of hydrogen-bond donors (Lipinski definition) is 0. The molecule has 0 bridgehead atoms. The molecular formula is C27H43N. The van der Waals surface area contributed by atoms with E-state index < -0.39 is 0 Å². The van der Waals surface area contributed by atoms with Crippen LogP contribution in [-0.4, -0.2) is 12.8 Å². The Hall–Kier alpha value is -1.37. The van der Waals surface area contributed by atoms with Crippen molar-refractivity contribution in [2.24, 2.45) is 10.9 Å². The zero-order valence-electron chi connectivity index (χ0n) is 19.4. The second-order valence-corrected chi connectivity index (χ2v) is 10.2. The number of unbranched alkanes of at least 4 members (excludes halogenated alkanes) is 6. The van der Waals surface area contributed by atoms with Gasteiger partial charge in [0.25, 0.3) is 0 Å². The fraction of sp³-hybridized carbons (Fsp3) is 0.667. The van der Waals surface area contributed by atoms with Crippen molar-refractivity contribution in [2.75, 3.05) is 6.54 Å². The topological polar surface area (TPSA) is 12.4 Å². The van der Waals surface area contributed by atoms with E-state index in [1.807, 2.05) is 6.08 Å². The van der Waals surface area contributed by atoms with E-state index in [1.165, 1.54) is 61.6 Å². The second kappa shape index (κ2) is 9.90. The Morgan fingerprint density at radius 1 is 1.00 bits per heavy atom. The van der Waals surface area contributed by atoms with Crippen LogP contribution in [-0.2, 0) is 10.8 Å². The first kappa shape index (κ1) is 22.9. The van der Waals surface area contributed by atoms with Crippen molar-refractivity contribution in [3.05, 3.63) is 47.0 Å². The van der Waals surface area contributed by atoms with Gasteiger partial charge in [-0.25, -0.2) is 0 Å². The number of fused-ring (bicyclic) bond motifs is 1. The van der Waals surface area contributed by atoms with Crippen LogP contribution in [0.1, 0.15) is 108 Å². The van der Waals surface area contributed by atoms with Gasteiger partial charge in [-0.15, -0.1) is 6.58 Å². The van der Waals surface area contributed by atoms with Gasteiger partial charge in [-0.3, -0.25) is 4.99 Å². The molecular weight excluding hydrogens is 338 g/mol. The number of allylic oxidation sites excluding steroid dienone is 1. The molecule has 0 aliphatic heterocycles. The Morgan fingerprint density at radius 2 is 1.64 bits per heavy atom. The van der Waals surface area contributed by atoms with Crippen LogP contribution in [0.4, 0.5) is 0 Å². The predicted molar refractivity (Wildman–Crippen MR) is 126 cm³/mol. The van der Waals surface area contributed by atoms with Crippen LogP contribution in [0.15, 0.2) is 29.8 Å². The molecule has 156 valence electrons. The minimum absolute atomic E-state index is 0.242. The zero-order valence-corrected chi connectivity index (χ0v) is 19.4. The lowest BCUT2D eigenvalue weighted by Gasteiger charge is -2.47. The number of rotatable bonds is 10. The molecule has 0 aromatic heterocycles. The third-order valence-corrected chi connectivity index (χ3v) is 7.05. The van der Waals surface area contributed by atoms with Gasteiger partial charge in [0.1, 0.15) is 0 Å². The third-order valence-electron chi connectivity index (χ3n) is 7.05. The van der Waals surface area contributed by atoms with Gasteiger partial charge in [-0.1, -0.05) is 72.4 Å². The molecule has 1 aliphatic rings. The molecule has 0 heterocycles. The monoisotopic (exact) mass is 381 g/mol. The predicted octanol–water partition coefficient (Wildman–Crippen LogP) is 7.93. The summed E-state index contributed by atoms with van der Waals surface area (Å²) in [5.74, 6) is 0.700. The Balaban J connectivity index is 1.95. The summed E-state index contributed by atoms with van der Waals surface area (Å²) in [4.78, 5) is 4.76. The van der Waals surface area contributed by atoms with Crippen LogP contribution in [0.5, 0.6) is 0 Å². The number of aliphatic imine (C=N–C) groups is 1. The summed E-state index contributed by atoms with van der Waals surface area (Å²) in [5.41, 5.74) is 6.23. The van der Waals surface area contributed by atoms with Crippen LogP contribution in [0.2, 0.25) is 0 Å². The molecule has 1 nitrogen and oxygen atoms in total. The summed E-state index contributed by atoms with van der Waals surface area (Å²) >= 11 is 0. The lowest BCUT2D eigenvalue weighted by molar-refractivity contribution is 0.233. The molecule has 0 N–H and O–H groups in total. The Morgan fingerprint density at radius 3 is 2.32 bits per heavy atom. The summed E-state index contributed by atoms with van der Waals surface area (Å²) in [6.07, 6.45) is 14.4. The second-order valence-electron chi connectivity index (χ2n) is 10.2. The lowest BCUT2D eigenvalue weighted by Crippen LogP contribution is -2.40. The molecule has 0 saturated carbocycles. The van der Waals surface area contributed by atoms with E-state index >= 15 is 0 Å². The highest BCUT2D eigenvalue weighted by molar-refractivity contribution is 5.82. The maximum Gasteiger partial charge on any atom is 0.0389 e. The van der Waals surface area contributed by atoms with E-state index in [-0.39, 0.29) is 10.8 Å². The zero-order chi connectivity index (χ0) is 20.8. The normalized spacial score (nSPS) is 20.3. The number of nitrogens with zero attached hydrogens (tertiary/aromatic N) is 1. The average molecular weight is 382 g/mol. The van der Waals surface area contributed by atoms with Gasteiger partial charge in [0, 0.05) is 12.8 Å². The first-order chi connectivity index (χ1) is 13.2. The minimum atomic E-state index is 0.242. The van der Waals surface area contributed by atoms with Gasteiger partial charge in [0.15, 0.2) is 0 Å². The summed E-state index contributed by atoms with van der Waals surface area (Å²) in [6.45, 7) is 19.0. The average Bonchev–Trinajstić information content (AvgIpc) is 2.62. The smallest absolute Gasteiger partial charge is 0.0389 e. The van der Waals surface area contributed by atoms with E-state index in [4.69, 9.17) is 4.99 Å². The fourth-order valence-corrected chi connectivity index (χ4v) is 4.71. The molecule has 1 aromatic rings. The number of benzene rings is 1. The van der Waals surface area contributed by atoms with Gasteiger partial charge < -0.3 is 0 Å². The van der Waals surface area contributed by atoms with Crippen molar-refractivity contribution in [1.82, 2.24) is 0 Å². The molecule has 0 radical (unpaired) electrons. The molecule has 2 rings (SSSR count). The lowest BCUT2D eigenvalue weighted by atomic mass is 9.58. The molecule has 1 aliphatic carbocycles. The molecule has 0 fully saturated rings. The summed E-state index contributed by atoms with van der Waals surface area (Å²) in [7, 11) is 0. The summed E-state index contributed by atoms with van der Waals surface area (Å²) in [5, 5.41) is 0. The van der Waals surface area contributed by atoms with Gasteiger partial charge in [0.05, 0.1) is 0 Å². The maximum atomic E-state index is 4.76. The van der Waals surface area contributed by atoms with Crippen LogP contribution < -0.4 is 0 Å². The largest absolute Gasteiger partial charge is 0.293 e. The van der Waals surface area contributed by atoms with E-state index in [0.29, 0.717) is 5.92 Å². The summed E-state index contributed by atoms with van der Waals surface area (Å²) < 4.78 is 0. The van der Waals surface area contributed by atoms with Crippen LogP contribution >= 0.6 is 0 Å². The van der Waals surface area contributed by atoms with Crippen molar-refractivity contribution >= 4 is 6.21 Å². The Kier molecular flexibility index (Phi) is 8.10. The van der Waals surface area contributed by atoms with E-state index in [9.17, 15) is 0 Å². The van der Waals surface area contributed by atoms with E-state index in [0.717, 1.165) is 13.0 Å². The van der Waals surface area contributed by atoms with Gasteiger partial charge in [-0.2, -0.15) is 0 Å². The Bertz CT molecular complexity index is 678. The van der Waals surface area contributed by atoms with Crippen molar-refractivity contribution in [3.8, 4) is 0 Å². The quantitative estimate of drug-likeness (QED) is 0.222. The van der Waals surface area contributed by atoms with Crippen molar-refractivity contribution in [1.29, 1.82) is 0 Å². The van der Waals surface area contributed by atoms with Crippen molar-refractivity contribution < 1.29 is 0 Å². The molecule has 28 heavy (non-hydrogen) atoms. The van der Waals surface area contributed by atoms with E-state index in [2.05, 4.69) is 66.5 Å². The first-order valence-corrected chi connectivity index (χ1v) is 11.5. The highest BCUT2D eigenvalue weighted by Gasteiger charge is 2.42. The molecule has 0 saturated heterocycles. The maximum absolute atomic E-state index is 4.76. The molecule has 1 aromatic carbocycles. The molecule has 1 heteroatoms. The van der Waals surface area contributed by atoms with Crippen LogP contribution in [0, 0.1) is 12.8 Å². The van der Waals surface area contributed by atoms with Gasteiger partial charge in [-0.05, 0) is 77.7 Å². The van der Waals surface area contributed by atoms with Crippen LogP contribution in [0.25, 0.3) is 0 Å². The number of aryl methyl sites for hydroxylation is 1.